The molecule has 3 aromatic rings. The van der Waals surface area contributed by atoms with Crippen LogP contribution in [0.4, 0.5) is 17.1 Å². The Bertz CT molecular complexity index is 1200. The number of hydrogen-bond donors (Lipinski definition) is 3. The van der Waals surface area contributed by atoms with Crippen LogP contribution >= 0.6 is 0 Å². The molecule has 1 atom stereocenters. The number of aryl methyl sites for hydroxylation is 1. The van der Waals surface area contributed by atoms with E-state index in [-0.39, 0.29) is 6.04 Å². The summed E-state index contributed by atoms with van der Waals surface area (Å²) in [6.45, 7) is 6.09. The number of nitrogens with zero attached hydrogens (tertiary/aromatic N) is 3. The topological polar surface area (TPSA) is 89.5 Å². The van der Waals surface area contributed by atoms with Crippen LogP contribution in [0.5, 0.6) is 0 Å². The first-order chi connectivity index (χ1) is 15.0. The van der Waals surface area contributed by atoms with Crippen molar-refractivity contribution >= 4 is 28.8 Å². The van der Waals surface area contributed by atoms with Crippen molar-refractivity contribution in [2.75, 3.05) is 10.6 Å². The van der Waals surface area contributed by atoms with Gasteiger partial charge in [0.25, 0.3) is 0 Å². The van der Waals surface area contributed by atoms with Crippen molar-refractivity contribution in [1.29, 1.82) is 10.7 Å². The second-order valence-corrected chi connectivity index (χ2v) is 8.01. The van der Waals surface area contributed by atoms with Gasteiger partial charge >= 0.3 is 0 Å². The van der Waals surface area contributed by atoms with Gasteiger partial charge in [0, 0.05) is 36.4 Å². The van der Waals surface area contributed by atoms with Crippen molar-refractivity contribution in [3.63, 3.8) is 0 Å². The van der Waals surface area contributed by atoms with Crippen LogP contribution in [0.15, 0.2) is 49.3 Å². The summed E-state index contributed by atoms with van der Waals surface area (Å²) >= 11 is 0. The standard InChI is InChI=1S/C25H26N6/c1-16(2)25-18(13-27)8-10-21-22(25)5-4-6-23(21)29-19-9-7-17(12-26)24(11-19)30-20-14-28-31(3)15-20/h7-12,14-15,23,26,29-30H,1,4-6H2,2-3H3. The van der Waals surface area contributed by atoms with Crippen LogP contribution in [0.2, 0.25) is 0 Å². The third-order valence-corrected chi connectivity index (χ3v) is 5.72. The van der Waals surface area contributed by atoms with Gasteiger partial charge < -0.3 is 16.0 Å². The fraction of sp³-hybridized carbons (Fsp3) is 0.240. The third kappa shape index (κ3) is 4.08. The number of rotatable bonds is 6. The van der Waals surface area contributed by atoms with Gasteiger partial charge in [-0.15, -0.1) is 0 Å². The normalized spacial score (nSPS) is 14.9. The largest absolute Gasteiger partial charge is 0.378 e. The summed E-state index contributed by atoms with van der Waals surface area (Å²) in [5.41, 5.74) is 8.63. The molecule has 1 unspecified atom stereocenters. The first-order valence-corrected chi connectivity index (χ1v) is 10.4. The van der Waals surface area contributed by atoms with Crippen molar-refractivity contribution in [1.82, 2.24) is 9.78 Å². The molecular formula is C25H26N6. The first-order valence-electron chi connectivity index (χ1n) is 10.4. The molecule has 4 rings (SSSR count). The Balaban J connectivity index is 1.66. The van der Waals surface area contributed by atoms with E-state index in [4.69, 9.17) is 5.41 Å². The zero-order valence-electron chi connectivity index (χ0n) is 17.9. The van der Waals surface area contributed by atoms with Crippen LogP contribution < -0.4 is 10.6 Å². The van der Waals surface area contributed by atoms with E-state index in [2.05, 4.69) is 34.4 Å². The van der Waals surface area contributed by atoms with Crippen molar-refractivity contribution in [3.8, 4) is 6.07 Å². The molecule has 3 N–H and O–H groups in total. The minimum atomic E-state index is 0.159. The highest BCUT2D eigenvalue weighted by Crippen LogP contribution is 2.38. The fourth-order valence-electron chi connectivity index (χ4n) is 4.35. The zero-order valence-corrected chi connectivity index (χ0v) is 17.9. The molecule has 6 nitrogen and oxygen atoms in total. The molecule has 0 bridgehead atoms. The zero-order chi connectivity index (χ0) is 22.0. The van der Waals surface area contributed by atoms with Crippen molar-refractivity contribution in [2.45, 2.75) is 32.2 Å². The van der Waals surface area contributed by atoms with Crippen LogP contribution in [0.25, 0.3) is 5.57 Å². The van der Waals surface area contributed by atoms with Gasteiger partial charge in [-0.05, 0) is 72.7 Å². The molecule has 0 spiro atoms. The van der Waals surface area contributed by atoms with Crippen LogP contribution in [0.1, 0.15) is 53.6 Å². The maximum atomic E-state index is 9.53. The fourth-order valence-corrected chi connectivity index (χ4v) is 4.35. The average Bonchev–Trinajstić information content (AvgIpc) is 3.17. The van der Waals surface area contributed by atoms with E-state index >= 15 is 0 Å². The van der Waals surface area contributed by atoms with E-state index in [1.165, 1.54) is 17.3 Å². The molecule has 2 aromatic carbocycles. The molecule has 0 radical (unpaired) electrons. The van der Waals surface area contributed by atoms with E-state index in [1.54, 1.807) is 10.9 Å². The SMILES string of the molecule is C=C(C)c1c(C#N)ccc2c1CCCC2Nc1ccc(C=N)c(Nc2cnn(C)c2)c1. The molecule has 1 heterocycles. The monoisotopic (exact) mass is 410 g/mol. The number of aromatic nitrogens is 2. The molecular weight excluding hydrogens is 384 g/mol. The highest BCUT2D eigenvalue weighted by molar-refractivity contribution is 5.89. The summed E-state index contributed by atoms with van der Waals surface area (Å²) in [4.78, 5) is 0. The van der Waals surface area contributed by atoms with E-state index in [9.17, 15) is 5.26 Å². The molecule has 0 aliphatic heterocycles. The number of nitriles is 1. The quantitative estimate of drug-likeness (QED) is 0.464. The van der Waals surface area contributed by atoms with Gasteiger partial charge in [0.1, 0.15) is 0 Å². The Hall–Kier alpha value is -3.85. The van der Waals surface area contributed by atoms with Crippen LogP contribution in [0, 0.1) is 16.7 Å². The molecule has 1 aliphatic carbocycles. The second-order valence-electron chi connectivity index (χ2n) is 8.01. The summed E-state index contributed by atoms with van der Waals surface area (Å²) in [6, 6.07) is 12.5. The molecule has 6 heteroatoms. The summed E-state index contributed by atoms with van der Waals surface area (Å²) in [5, 5.41) is 28.5. The van der Waals surface area contributed by atoms with Crippen LogP contribution in [-0.4, -0.2) is 16.0 Å². The summed E-state index contributed by atoms with van der Waals surface area (Å²) in [5.74, 6) is 0. The molecule has 0 saturated heterocycles. The van der Waals surface area contributed by atoms with Gasteiger partial charge in [0.15, 0.2) is 0 Å². The lowest BCUT2D eigenvalue weighted by Crippen LogP contribution is -2.19. The van der Waals surface area contributed by atoms with E-state index in [0.29, 0.717) is 5.56 Å². The van der Waals surface area contributed by atoms with Gasteiger partial charge in [-0.3, -0.25) is 4.68 Å². The van der Waals surface area contributed by atoms with E-state index in [1.807, 2.05) is 44.4 Å². The Morgan fingerprint density at radius 3 is 2.84 bits per heavy atom. The number of benzene rings is 2. The van der Waals surface area contributed by atoms with Gasteiger partial charge in [0.05, 0.1) is 29.6 Å². The molecule has 156 valence electrons. The lowest BCUT2D eigenvalue weighted by molar-refractivity contribution is 0.599. The Morgan fingerprint density at radius 1 is 1.32 bits per heavy atom. The lowest BCUT2D eigenvalue weighted by atomic mass is 9.81. The highest BCUT2D eigenvalue weighted by Gasteiger charge is 2.24. The van der Waals surface area contributed by atoms with Gasteiger partial charge in [-0.2, -0.15) is 10.4 Å². The number of fused-ring (bicyclic) bond motifs is 1. The predicted molar refractivity (Wildman–Crippen MR) is 126 cm³/mol. The Labute approximate surface area is 182 Å². The molecule has 1 aliphatic rings. The van der Waals surface area contributed by atoms with Crippen molar-refractivity contribution in [2.24, 2.45) is 7.05 Å². The predicted octanol–water partition coefficient (Wildman–Crippen LogP) is 5.56. The molecule has 1 aromatic heterocycles. The minimum Gasteiger partial charge on any atom is -0.378 e. The average molecular weight is 411 g/mol. The van der Waals surface area contributed by atoms with Gasteiger partial charge in [-0.25, -0.2) is 0 Å². The Morgan fingerprint density at radius 2 is 2.16 bits per heavy atom. The molecule has 0 amide bonds. The number of allylic oxidation sites excluding steroid dienone is 1. The molecule has 0 saturated carbocycles. The molecule has 0 fully saturated rings. The van der Waals surface area contributed by atoms with Crippen molar-refractivity contribution < 1.29 is 0 Å². The summed E-state index contributed by atoms with van der Waals surface area (Å²) in [6.07, 6.45) is 8.05. The number of hydrogen-bond acceptors (Lipinski definition) is 5. The number of anilines is 3. The maximum Gasteiger partial charge on any atom is 0.0998 e. The van der Waals surface area contributed by atoms with Crippen LogP contribution in [-0.2, 0) is 13.5 Å². The third-order valence-electron chi connectivity index (χ3n) is 5.72. The van der Waals surface area contributed by atoms with Crippen LogP contribution in [0.3, 0.4) is 0 Å². The number of nitrogens with one attached hydrogen (secondary N) is 3. The van der Waals surface area contributed by atoms with Gasteiger partial charge in [0.2, 0.25) is 0 Å². The Kier molecular flexibility index (Phi) is 5.59. The van der Waals surface area contributed by atoms with Crippen molar-refractivity contribution in [3.05, 3.63) is 77.1 Å². The highest BCUT2D eigenvalue weighted by atomic mass is 15.3. The summed E-state index contributed by atoms with van der Waals surface area (Å²) in [7, 11) is 1.87. The minimum absolute atomic E-state index is 0.159. The first kappa shape index (κ1) is 20.4. The maximum absolute atomic E-state index is 9.53. The summed E-state index contributed by atoms with van der Waals surface area (Å²) < 4.78 is 1.74. The molecule has 31 heavy (non-hydrogen) atoms. The van der Waals surface area contributed by atoms with E-state index < -0.39 is 0 Å². The van der Waals surface area contributed by atoms with Gasteiger partial charge in [-0.1, -0.05) is 12.6 Å². The van der Waals surface area contributed by atoms with E-state index in [0.717, 1.165) is 53.0 Å². The second kappa shape index (κ2) is 8.49. The smallest absolute Gasteiger partial charge is 0.0998 e. The lowest BCUT2D eigenvalue weighted by Gasteiger charge is -2.30.